The summed E-state index contributed by atoms with van der Waals surface area (Å²) < 4.78 is 11.9. The second kappa shape index (κ2) is 5.80. The molecule has 0 aliphatic carbocycles. The number of nitriles is 1. The van der Waals surface area contributed by atoms with Crippen LogP contribution in [0.1, 0.15) is 17.0 Å². The number of hydrogen-bond acceptors (Lipinski definition) is 5. The Labute approximate surface area is 151 Å². The van der Waals surface area contributed by atoms with Gasteiger partial charge in [0.25, 0.3) is 0 Å². The number of hydrogen-bond donors (Lipinski definition) is 1. The van der Waals surface area contributed by atoms with E-state index in [4.69, 9.17) is 14.9 Å². The Morgan fingerprint density at radius 3 is 2.60 bits per heavy atom. The molecule has 6 heteroatoms. The van der Waals surface area contributed by atoms with E-state index in [1.165, 1.54) is 0 Å². The molecule has 3 aromatic rings. The lowest BCUT2D eigenvalue weighted by atomic mass is 9.84. The van der Waals surface area contributed by atoms with Crippen molar-refractivity contribution in [1.82, 2.24) is 0 Å². The Morgan fingerprint density at radius 1 is 1.12 bits per heavy atom. The Kier molecular flexibility index (Phi) is 3.59. The van der Waals surface area contributed by atoms with Gasteiger partial charge in [0.2, 0.25) is 5.88 Å². The lowest BCUT2D eigenvalue weighted by Gasteiger charge is -2.26. The topological polar surface area (TPSA) is 89.3 Å². The minimum absolute atomic E-state index is 0.00786. The summed E-state index contributed by atoms with van der Waals surface area (Å²) in [5.74, 6) is -0.333. The lowest BCUT2D eigenvalue weighted by Crippen LogP contribution is -2.26. The molecule has 0 saturated carbocycles. The molecule has 1 unspecified atom stereocenters. The molecule has 1 aliphatic heterocycles. The van der Waals surface area contributed by atoms with Gasteiger partial charge in [0, 0.05) is 4.47 Å². The Balaban J connectivity index is 2.12. The summed E-state index contributed by atoms with van der Waals surface area (Å²) in [6, 6.07) is 16.5. The molecule has 25 heavy (non-hydrogen) atoms. The van der Waals surface area contributed by atoms with Crippen molar-refractivity contribution in [3.63, 3.8) is 0 Å². The average molecular weight is 395 g/mol. The lowest BCUT2D eigenvalue weighted by molar-refractivity contribution is 0.388. The maximum absolute atomic E-state index is 12.7. The average Bonchev–Trinajstić information content (AvgIpc) is 2.61. The summed E-state index contributed by atoms with van der Waals surface area (Å²) >= 11 is 3.49. The number of nitrogens with two attached hydrogens (primary N) is 1. The smallest absolute Gasteiger partial charge is 0.344 e. The highest BCUT2D eigenvalue weighted by atomic mass is 79.9. The summed E-state index contributed by atoms with van der Waals surface area (Å²) in [5, 5.41) is 10.2. The normalized spacial score (nSPS) is 16.2. The molecule has 2 heterocycles. The first-order valence-corrected chi connectivity index (χ1v) is 8.29. The fourth-order valence-electron chi connectivity index (χ4n) is 3.09. The van der Waals surface area contributed by atoms with Crippen LogP contribution in [0.15, 0.2) is 73.7 Å². The number of rotatable bonds is 1. The van der Waals surface area contributed by atoms with Crippen LogP contribution >= 0.6 is 15.9 Å². The van der Waals surface area contributed by atoms with Crippen molar-refractivity contribution in [2.45, 2.75) is 5.92 Å². The predicted octanol–water partition coefficient (Wildman–Crippen LogP) is 3.77. The van der Waals surface area contributed by atoms with E-state index < -0.39 is 11.5 Å². The molecule has 0 amide bonds. The molecule has 0 spiro atoms. The first-order valence-electron chi connectivity index (χ1n) is 7.49. The van der Waals surface area contributed by atoms with Gasteiger partial charge in [-0.3, -0.25) is 0 Å². The first kappa shape index (κ1) is 15.5. The van der Waals surface area contributed by atoms with Crippen LogP contribution in [0.4, 0.5) is 0 Å². The summed E-state index contributed by atoms with van der Waals surface area (Å²) in [7, 11) is 0. The molecule has 0 saturated heterocycles. The number of nitrogens with zero attached hydrogens (tertiary/aromatic N) is 1. The molecular weight excluding hydrogens is 384 g/mol. The van der Waals surface area contributed by atoms with Crippen LogP contribution in [-0.4, -0.2) is 0 Å². The standard InChI is InChI=1S/C19H11BrN2O3/c20-13-7-3-1-5-10(13)15-12(9-21)18(22)25-17-11-6-2-4-8-14(11)24-19(23)16(15)17/h1-8,15H,22H2. The maximum atomic E-state index is 12.7. The SMILES string of the molecule is N#CC1=C(N)Oc2c(c(=O)oc3ccccc23)C1c1ccccc1Br. The van der Waals surface area contributed by atoms with E-state index in [0.29, 0.717) is 16.7 Å². The van der Waals surface area contributed by atoms with Crippen molar-refractivity contribution in [2.75, 3.05) is 0 Å². The largest absolute Gasteiger partial charge is 0.439 e. The van der Waals surface area contributed by atoms with E-state index in [1.807, 2.05) is 30.3 Å². The van der Waals surface area contributed by atoms with Gasteiger partial charge in [0.15, 0.2) is 5.75 Å². The maximum Gasteiger partial charge on any atom is 0.344 e. The monoisotopic (exact) mass is 394 g/mol. The number of benzene rings is 2. The van der Waals surface area contributed by atoms with Crippen LogP contribution in [0.5, 0.6) is 5.75 Å². The van der Waals surface area contributed by atoms with Crippen molar-refractivity contribution in [3.8, 4) is 11.8 Å². The minimum atomic E-state index is -0.662. The van der Waals surface area contributed by atoms with E-state index in [-0.39, 0.29) is 17.0 Å². The third-order valence-electron chi connectivity index (χ3n) is 4.19. The molecule has 0 fully saturated rings. The van der Waals surface area contributed by atoms with Gasteiger partial charge in [-0.1, -0.05) is 46.3 Å². The van der Waals surface area contributed by atoms with Gasteiger partial charge in [0.05, 0.1) is 16.9 Å². The van der Waals surface area contributed by atoms with Gasteiger partial charge < -0.3 is 14.9 Å². The molecular formula is C19H11BrN2O3. The molecule has 1 atom stereocenters. The fourth-order valence-corrected chi connectivity index (χ4v) is 3.60. The van der Waals surface area contributed by atoms with Gasteiger partial charge in [0.1, 0.15) is 17.2 Å². The number of fused-ring (bicyclic) bond motifs is 3. The van der Waals surface area contributed by atoms with Gasteiger partial charge in [-0.25, -0.2) is 4.79 Å². The first-order chi connectivity index (χ1) is 12.1. The van der Waals surface area contributed by atoms with Crippen LogP contribution in [0, 0.1) is 11.3 Å². The van der Waals surface area contributed by atoms with E-state index >= 15 is 0 Å². The molecule has 1 aromatic heterocycles. The predicted molar refractivity (Wildman–Crippen MR) is 95.9 cm³/mol. The molecule has 1 aliphatic rings. The highest BCUT2D eigenvalue weighted by Crippen LogP contribution is 2.44. The van der Waals surface area contributed by atoms with Crippen molar-refractivity contribution >= 4 is 26.9 Å². The quantitative estimate of drug-likeness (QED) is 0.634. The number of allylic oxidation sites excluding steroid dienone is 1. The van der Waals surface area contributed by atoms with Crippen molar-refractivity contribution in [3.05, 3.63) is 86.0 Å². The van der Waals surface area contributed by atoms with E-state index in [2.05, 4.69) is 22.0 Å². The van der Waals surface area contributed by atoms with Crippen LogP contribution in [0.25, 0.3) is 11.0 Å². The van der Waals surface area contributed by atoms with Gasteiger partial charge >= 0.3 is 5.63 Å². The van der Waals surface area contributed by atoms with E-state index in [0.717, 1.165) is 10.0 Å². The van der Waals surface area contributed by atoms with Gasteiger partial charge in [-0.15, -0.1) is 0 Å². The fraction of sp³-hybridized carbons (Fsp3) is 0.0526. The van der Waals surface area contributed by atoms with Gasteiger partial charge in [-0.2, -0.15) is 5.26 Å². The van der Waals surface area contributed by atoms with Crippen molar-refractivity contribution in [1.29, 1.82) is 5.26 Å². The highest BCUT2D eigenvalue weighted by Gasteiger charge is 2.36. The Morgan fingerprint density at radius 2 is 1.84 bits per heavy atom. The van der Waals surface area contributed by atoms with Crippen molar-refractivity contribution < 1.29 is 9.15 Å². The molecule has 4 rings (SSSR count). The highest BCUT2D eigenvalue weighted by molar-refractivity contribution is 9.10. The minimum Gasteiger partial charge on any atom is -0.439 e. The summed E-state index contributed by atoms with van der Waals surface area (Å²) in [6.07, 6.45) is 0. The van der Waals surface area contributed by atoms with E-state index in [9.17, 15) is 10.1 Å². The number of para-hydroxylation sites is 1. The van der Waals surface area contributed by atoms with Crippen LogP contribution in [-0.2, 0) is 0 Å². The molecule has 5 nitrogen and oxygen atoms in total. The summed E-state index contributed by atoms with van der Waals surface area (Å²) in [5.41, 5.74) is 7.07. The van der Waals surface area contributed by atoms with Crippen LogP contribution in [0.2, 0.25) is 0 Å². The zero-order chi connectivity index (χ0) is 17.6. The van der Waals surface area contributed by atoms with Crippen molar-refractivity contribution in [2.24, 2.45) is 5.73 Å². The molecule has 2 aromatic carbocycles. The zero-order valence-corrected chi connectivity index (χ0v) is 14.4. The second-order valence-electron chi connectivity index (χ2n) is 5.57. The number of ether oxygens (including phenoxy) is 1. The van der Waals surface area contributed by atoms with E-state index in [1.54, 1.807) is 18.2 Å². The molecule has 122 valence electrons. The van der Waals surface area contributed by atoms with Gasteiger partial charge in [-0.05, 0) is 23.8 Å². The van der Waals surface area contributed by atoms with Crippen LogP contribution in [0.3, 0.4) is 0 Å². The molecule has 0 radical (unpaired) electrons. The molecule has 2 N–H and O–H groups in total. The Hall–Kier alpha value is -3.04. The number of halogens is 1. The Bertz CT molecular complexity index is 1140. The molecule has 0 bridgehead atoms. The summed E-state index contributed by atoms with van der Waals surface area (Å²) in [4.78, 5) is 12.7. The second-order valence-corrected chi connectivity index (χ2v) is 6.43. The third kappa shape index (κ3) is 2.32. The summed E-state index contributed by atoms with van der Waals surface area (Å²) in [6.45, 7) is 0. The third-order valence-corrected chi connectivity index (χ3v) is 4.91. The zero-order valence-electron chi connectivity index (χ0n) is 12.8. The van der Waals surface area contributed by atoms with Crippen LogP contribution < -0.4 is 16.1 Å².